The van der Waals surface area contributed by atoms with E-state index in [1.165, 1.54) is 12.8 Å². The molecule has 1 saturated carbocycles. The maximum atomic E-state index is 12.6. The summed E-state index contributed by atoms with van der Waals surface area (Å²) in [5.74, 6) is 2.63. The van der Waals surface area contributed by atoms with E-state index in [0.717, 1.165) is 18.0 Å². The maximum Gasteiger partial charge on any atom is 0.227 e. The Kier molecular flexibility index (Phi) is 4.25. The zero-order valence-corrected chi connectivity index (χ0v) is 13.2. The van der Waals surface area contributed by atoms with Crippen LogP contribution < -0.4 is 15.2 Å². The van der Waals surface area contributed by atoms with Crippen LogP contribution in [0, 0.1) is 11.8 Å². The number of amides is 1. The third kappa shape index (κ3) is 2.90. The zero-order valence-electron chi connectivity index (χ0n) is 13.2. The molecule has 1 amide bonds. The molecule has 2 N–H and O–H groups in total. The normalized spacial score (nSPS) is 24.4. The Morgan fingerprint density at radius 1 is 1.27 bits per heavy atom. The predicted octanol–water partition coefficient (Wildman–Crippen LogP) is 1.44. The fourth-order valence-corrected chi connectivity index (χ4v) is 3.45. The van der Waals surface area contributed by atoms with Crippen molar-refractivity contribution in [1.29, 1.82) is 0 Å². The second-order valence-corrected chi connectivity index (χ2v) is 6.29. The third-order valence-corrected chi connectivity index (χ3v) is 4.82. The Bertz CT molecular complexity index is 557. The Morgan fingerprint density at radius 2 is 2.05 bits per heavy atom. The number of methoxy groups -OCH3 is 2. The van der Waals surface area contributed by atoms with E-state index in [1.54, 1.807) is 14.2 Å². The van der Waals surface area contributed by atoms with Gasteiger partial charge in [0, 0.05) is 24.7 Å². The van der Waals surface area contributed by atoms with Gasteiger partial charge in [0.15, 0.2) is 11.5 Å². The number of nitrogens with two attached hydrogens (primary N) is 1. The van der Waals surface area contributed by atoms with Gasteiger partial charge in [0.2, 0.25) is 5.91 Å². The van der Waals surface area contributed by atoms with E-state index in [4.69, 9.17) is 15.2 Å². The summed E-state index contributed by atoms with van der Waals surface area (Å²) >= 11 is 0. The molecule has 1 aliphatic carbocycles. The molecule has 0 spiro atoms. The lowest BCUT2D eigenvalue weighted by atomic mass is 9.99. The maximum absolute atomic E-state index is 12.6. The topological polar surface area (TPSA) is 64.8 Å². The molecule has 1 aromatic rings. The van der Waals surface area contributed by atoms with Crippen LogP contribution in [0.1, 0.15) is 18.4 Å². The summed E-state index contributed by atoms with van der Waals surface area (Å²) in [5, 5.41) is 0. The smallest absolute Gasteiger partial charge is 0.227 e. The molecule has 0 aromatic heterocycles. The molecule has 0 radical (unpaired) electrons. The first-order valence-corrected chi connectivity index (χ1v) is 7.87. The average Bonchev–Trinajstić information content (AvgIpc) is 3.29. The molecular formula is C17H24N2O3. The summed E-state index contributed by atoms with van der Waals surface area (Å²) in [4.78, 5) is 14.5. The number of carbonyl (C=O) groups excluding carboxylic acids is 1. The number of rotatable bonds is 5. The van der Waals surface area contributed by atoms with Crippen molar-refractivity contribution < 1.29 is 14.3 Å². The number of hydrogen-bond acceptors (Lipinski definition) is 4. The highest BCUT2D eigenvalue weighted by Crippen LogP contribution is 2.41. The van der Waals surface area contributed by atoms with Crippen molar-refractivity contribution in [2.75, 3.05) is 27.3 Å². The number of hydrogen-bond donors (Lipinski definition) is 1. The van der Waals surface area contributed by atoms with Crippen molar-refractivity contribution in [2.24, 2.45) is 17.6 Å². The summed E-state index contributed by atoms with van der Waals surface area (Å²) < 4.78 is 10.7. The van der Waals surface area contributed by atoms with Gasteiger partial charge < -0.3 is 20.1 Å². The number of benzene rings is 1. The minimum atomic E-state index is 0.116. The Morgan fingerprint density at radius 3 is 2.68 bits per heavy atom. The van der Waals surface area contributed by atoms with Crippen LogP contribution in [0.3, 0.4) is 0 Å². The molecule has 22 heavy (non-hydrogen) atoms. The quantitative estimate of drug-likeness (QED) is 0.894. The van der Waals surface area contributed by atoms with Gasteiger partial charge in [-0.1, -0.05) is 12.1 Å². The lowest BCUT2D eigenvalue weighted by Crippen LogP contribution is -2.33. The van der Waals surface area contributed by atoms with Crippen LogP contribution >= 0.6 is 0 Å². The van der Waals surface area contributed by atoms with Gasteiger partial charge in [-0.2, -0.15) is 0 Å². The minimum absolute atomic E-state index is 0.116. The molecule has 5 nitrogen and oxygen atoms in total. The van der Waals surface area contributed by atoms with Gasteiger partial charge in [-0.05, 0) is 30.7 Å². The van der Waals surface area contributed by atoms with Gasteiger partial charge in [0.25, 0.3) is 0 Å². The molecule has 120 valence electrons. The van der Waals surface area contributed by atoms with Gasteiger partial charge in [0.05, 0.1) is 20.6 Å². The van der Waals surface area contributed by atoms with E-state index >= 15 is 0 Å². The first-order valence-electron chi connectivity index (χ1n) is 7.87. The van der Waals surface area contributed by atoms with Gasteiger partial charge in [-0.3, -0.25) is 4.79 Å². The van der Waals surface area contributed by atoms with Crippen LogP contribution in [0.15, 0.2) is 18.2 Å². The lowest BCUT2D eigenvalue weighted by Gasteiger charge is -2.18. The molecule has 5 heteroatoms. The summed E-state index contributed by atoms with van der Waals surface area (Å²) in [6.07, 6.45) is 2.86. The standard InChI is InChI=1S/C17H24N2O3/c1-21-15-5-3-4-12(17(15)22-2)8-16(20)19-9-13(11-6-7-11)14(18)10-19/h3-5,11,13-14H,6-10,18H2,1-2H3/t13-,14+/m0/s1. The van der Waals surface area contributed by atoms with E-state index in [1.807, 2.05) is 23.1 Å². The first kappa shape index (κ1) is 15.2. The Hall–Kier alpha value is -1.75. The minimum Gasteiger partial charge on any atom is -0.493 e. The highest BCUT2D eigenvalue weighted by molar-refractivity contribution is 5.80. The van der Waals surface area contributed by atoms with Gasteiger partial charge >= 0.3 is 0 Å². The van der Waals surface area contributed by atoms with Crippen LogP contribution in [-0.4, -0.2) is 44.2 Å². The molecule has 2 atom stereocenters. The SMILES string of the molecule is COc1cccc(CC(=O)N2C[C@@H](N)[C@H](C3CC3)C2)c1OC. The molecule has 0 unspecified atom stereocenters. The molecule has 0 bridgehead atoms. The van der Waals surface area contributed by atoms with E-state index in [-0.39, 0.29) is 11.9 Å². The summed E-state index contributed by atoms with van der Waals surface area (Å²) in [6, 6.07) is 5.76. The van der Waals surface area contributed by atoms with E-state index in [0.29, 0.717) is 30.4 Å². The van der Waals surface area contributed by atoms with E-state index in [9.17, 15) is 4.79 Å². The number of ether oxygens (including phenoxy) is 2. The van der Waals surface area contributed by atoms with Crippen molar-refractivity contribution in [1.82, 2.24) is 4.90 Å². The molecule has 1 aromatic carbocycles. The van der Waals surface area contributed by atoms with Crippen molar-refractivity contribution in [3.8, 4) is 11.5 Å². The highest BCUT2D eigenvalue weighted by atomic mass is 16.5. The van der Waals surface area contributed by atoms with Crippen molar-refractivity contribution >= 4 is 5.91 Å². The fourth-order valence-electron chi connectivity index (χ4n) is 3.45. The highest BCUT2D eigenvalue weighted by Gasteiger charge is 2.42. The lowest BCUT2D eigenvalue weighted by molar-refractivity contribution is -0.129. The predicted molar refractivity (Wildman–Crippen MR) is 84.0 cm³/mol. The average molecular weight is 304 g/mol. The van der Waals surface area contributed by atoms with Gasteiger partial charge in [-0.15, -0.1) is 0 Å². The molecule has 1 saturated heterocycles. The van der Waals surface area contributed by atoms with Crippen LogP contribution in [0.2, 0.25) is 0 Å². The van der Waals surface area contributed by atoms with E-state index in [2.05, 4.69) is 0 Å². The molecular weight excluding hydrogens is 280 g/mol. The van der Waals surface area contributed by atoms with E-state index < -0.39 is 0 Å². The number of likely N-dealkylation sites (tertiary alicyclic amines) is 1. The summed E-state index contributed by atoms with van der Waals surface area (Å²) in [6.45, 7) is 1.48. The second kappa shape index (κ2) is 6.16. The van der Waals surface area contributed by atoms with Crippen LogP contribution in [0.25, 0.3) is 0 Å². The summed E-state index contributed by atoms with van der Waals surface area (Å²) in [7, 11) is 3.20. The third-order valence-electron chi connectivity index (χ3n) is 4.82. The molecule has 2 fully saturated rings. The second-order valence-electron chi connectivity index (χ2n) is 6.29. The zero-order chi connectivity index (χ0) is 15.7. The molecule has 1 heterocycles. The fraction of sp³-hybridized carbons (Fsp3) is 0.588. The van der Waals surface area contributed by atoms with Crippen LogP contribution in [0.5, 0.6) is 11.5 Å². The van der Waals surface area contributed by atoms with Crippen molar-refractivity contribution in [3.63, 3.8) is 0 Å². The Labute approximate surface area is 131 Å². The van der Waals surface area contributed by atoms with Gasteiger partial charge in [0.1, 0.15) is 0 Å². The van der Waals surface area contributed by atoms with Crippen molar-refractivity contribution in [3.05, 3.63) is 23.8 Å². The molecule has 2 aliphatic rings. The van der Waals surface area contributed by atoms with Gasteiger partial charge in [-0.25, -0.2) is 0 Å². The largest absolute Gasteiger partial charge is 0.493 e. The Balaban J connectivity index is 1.69. The van der Waals surface area contributed by atoms with Crippen LogP contribution in [-0.2, 0) is 11.2 Å². The first-order chi connectivity index (χ1) is 10.6. The summed E-state index contributed by atoms with van der Waals surface area (Å²) in [5.41, 5.74) is 7.06. The number of nitrogens with zero attached hydrogens (tertiary/aromatic N) is 1. The number of para-hydroxylation sites is 1. The number of carbonyl (C=O) groups is 1. The molecule has 1 aliphatic heterocycles. The van der Waals surface area contributed by atoms with Crippen molar-refractivity contribution in [2.45, 2.75) is 25.3 Å². The monoisotopic (exact) mass is 304 g/mol. The molecule has 3 rings (SSSR count). The van der Waals surface area contributed by atoms with Crippen LogP contribution in [0.4, 0.5) is 0 Å².